The topological polar surface area (TPSA) is 58.4 Å². The van der Waals surface area contributed by atoms with Crippen molar-refractivity contribution < 1.29 is 4.79 Å². The zero-order valence-electron chi connectivity index (χ0n) is 10.1. The van der Waals surface area contributed by atoms with Gasteiger partial charge in [-0.25, -0.2) is 5.84 Å². The molecule has 1 rings (SSSR count). The maximum absolute atomic E-state index is 11.5. The maximum Gasteiger partial charge on any atom is 0.251 e. The second kappa shape index (κ2) is 6.59. The van der Waals surface area contributed by atoms with Gasteiger partial charge in [-0.15, -0.1) is 0 Å². The summed E-state index contributed by atoms with van der Waals surface area (Å²) >= 11 is 5.82. The van der Waals surface area contributed by atoms with E-state index in [1.54, 1.807) is 0 Å². The quantitative estimate of drug-likeness (QED) is 0.477. The zero-order valence-corrected chi connectivity index (χ0v) is 10.9. The predicted molar refractivity (Wildman–Crippen MR) is 69.3 cm³/mol. The van der Waals surface area contributed by atoms with Crippen LogP contribution < -0.4 is 11.3 Å². The molecule has 5 heteroatoms. The van der Waals surface area contributed by atoms with Gasteiger partial charge >= 0.3 is 0 Å². The minimum Gasteiger partial charge on any atom is -0.293 e. The second-order valence-corrected chi connectivity index (χ2v) is 4.41. The average molecular weight is 256 g/mol. The molecule has 0 fully saturated rings. The van der Waals surface area contributed by atoms with Crippen molar-refractivity contribution in [3.63, 3.8) is 0 Å². The Morgan fingerprint density at radius 1 is 1.47 bits per heavy atom. The van der Waals surface area contributed by atoms with Crippen LogP contribution in [0.5, 0.6) is 0 Å². The number of likely N-dealkylation sites (N-methyl/N-ethyl adjacent to an activating group) is 1. The molecule has 0 spiro atoms. The summed E-state index contributed by atoms with van der Waals surface area (Å²) in [5.41, 5.74) is 3.30. The fourth-order valence-corrected chi connectivity index (χ4v) is 1.91. The zero-order chi connectivity index (χ0) is 12.8. The Kier molecular flexibility index (Phi) is 5.41. The number of carbonyl (C=O) groups is 1. The first-order chi connectivity index (χ1) is 8.08. The molecule has 1 aromatic carbocycles. The standard InChI is InChI=1S/C12H18ClN3O/c1-3-11(12(17)15-14)16(2)8-9-4-6-10(13)7-5-9/h4-7,11H,3,8,14H2,1-2H3,(H,15,17). The summed E-state index contributed by atoms with van der Waals surface area (Å²) in [4.78, 5) is 13.5. The van der Waals surface area contributed by atoms with Crippen LogP contribution in [0.2, 0.25) is 5.02 Å². The molecular weight excluding hydrogens is 238 g/mol. The van der Waals surface area contributed by atoms with Crippen molar-refractivity contribution in [2.24, 2.45) is 5.84 Å². The van der Waals surface area contributed by atoms with Crippen molar-refractivity contribution in [3.05, 3.63) is 34.9 Å². The number of amides is 1. The summed E-state index contributed by atoms with van der Waals surface area (Å²) in [6.07, 6.45) is 0.715. The van der Waals surface area contributed by atoms with Gasteiger partial charge in [0.05, 0.1) is 6.04 Å². The van der Waals surface area contributed by atoms with E-state index in [2.05, 4.69) is 5.43 Å². The third-order valence-corrected chi connectivity index (χ3v) is 2.96. The van der Waals surface area contributed by atoms with Crippen LogP contribution in [-0.4, -0.2) is 23.9 Å². The molecule has 4 nitrogen and oxygen atoms in total. The molecule has 94 valence electrons. The van der Waals surface area contributed by atoms with Crippen molar-refractivity contribution in [1.29, 1.82) is 0 Å². The van der Waals surface area contributed by atoms with Crippen LogP contribution >= 0.6 is 11.6 Å². The lowest BCUT2D eigenvalue weighted by atomic mass is 10.1. The molecule has 1 aromatic rings. The van der Waals surface area contributed by atoms with Gasteiger partial charge in [-0.3, -0.25) is 15.1 Å². The van der Waals surface area contributed by atoms with Gasteiger partial charge in [-0.05, 0) is 31.2 Å². The largest absolute Gasteiger partial charge is 0.293 e. The highest BCUT2D eigenvalue weighted by molar-refractivity contribution is 6.30. The van der Waals surface area contributed by atoms with Crippen LogP contribution in [0, 0.1) is 0 Å². The van der Waals surface area contributed by atoms with Crippen molar-refractivity contribution in [1.82, 2.24) is 10.3 Å². The van der Waals surface area contributed by atoms with Crippen LogP contribution in [0.25, 0.3) is 0 Å². The summed E-state index contributed by atoms with van der Waals surface area (Å²) in [6.45, 7) is 2.64. The number of hydrogen-bond donors (Lipinski definition) is 2. The van der Waals surface area contributed by atoms with Crippen LogP contribution in [-0.2, 0) is 11.3 Å². The number of hydrazine groups is 1. The minimum absolute atomic E-state index is 0.163. The van der Waals surface area contributed by atoms with Crippen LogP contribution in [0.4, 0.5) is 0 Å². The minimum atomic E-state index is -0.212. The van der Waals surface area contributed by atoms with Gasteiger partial charge in [0.2, 0.25) is 0 Å². The highest BCUT2D eigenvalue weighted by Gasteiger charge is 2.20. The fraction of sp³-hybridized carbons (Fsp3) is 0.417. The van der Waals surface area contributed by atoms with Gasteiger partial charge in [0.25, 0.3) is 5.91 Å². The third-order valence-electron chi connectivity index (χ3n) is 2.71. The van der Waals surface area contributed by atoms with E-state index < -0.39 is 0 Å². The molecule has 17 heavy (non-hydrogen) atoms. The summed E-state index contributed by atoms with van der Waals surface area (Å²) in [5, 5.41) is 0.711. The lowest BCUT2D eigenvalue weighted by Crippen LogP contribution is -2.46. The molecule has 0 bridgehead atoms. The highest BCUT2D eigenvalue weighted by atomic mass is 35.5. The number of rotatable bonds is 5. The predicted octanol–water partition coefficient (Wildman–Crippen LogP) is 1.54. The number of benzene rings is 1. The Hall–Kier alpha value is -1.10. The van der Waals surface area contributed by atoms with E-state index in [0.29, 0.717) is 18.0 Å². The number of carbonyl (C=O) groups excluding carboxylic acids is 1. The number of halogens is 1. The van der Waals surface area contributed by atoms with Crippen molar-refractivity contribution in [2.45, 2.75) is 25.9 Å². The van der Waals surface area contributed by atoms with Gasteiger partial charge in [0.1, 0.15) is 0 Å². The summed E-state index contributed by atoms with van der Waals surface area (Å²) in [6, 6.07) is 7.37. The molecule has 0 saturated carbocycles. The van der Waals surface area contributed by atoms with E-state index in [4.69, 9.17) is 17.4 Å². The lowest BCUT2D eigenvalue weighted by molar-refractivity contribution is -0.126. The van der Waals surface area contributed by atoms with Gasteiger partial charge < -0.3 is 0 Å². The van der Waals surface area contributed by atoms with Gasteiger partial charge in [0.15, 0.2) is 0 Å². The Balaban J connectivity index is 2.66. The Morgan fingerprint density at radius 3 is 2.53 bits per heavy atom. The molecule has 0 aromatic heterocycles. The monoisotopic (exact) mass is 255 g/mol. The lowest BCUT2D eigenvalue weighted by Gasteiger charge is -2.25. The average Bonchev–Trinajstić information content (AvgIpc) is 2.32. The summed E-state index contributed by atoms with van der Waals surface area (Å²) < 4.78 is 0. The van der Waals surface area contributed by atoms with Crippen LogP contribution in [0.1, 0.15) is 18.9 Å². The van der Waals surface area contributed by atoms with Crippen molar-refractivity contribution in [3.8, 4) is 0 Å². The molecule has 1 amide bonds. The number of nitrogens with zero attached hydrogens (tertiary/aromatic N) is 1. The van der Waals surface area contributed by atoms with E-state index in [1.165, 1.54) is 0 Å². The molecule has 1 atom stereocenters. The maximum atomic E-state index is 11.5. The molecule has 0 aliphatic carbocycles. The number of nitrogens with one attached hydrogen (secondary N) is 1. The van der Waals surface area contributed by atoms with Crippen molar-refractivity contribution >= 4 is 17.5 Å². The molecule has 0 aliphatic rings. The van der Waals surface area contributed by atoms with E-state index in [9.17, 15) is 4.79 Å². The fourth-order valence-electron chi connectivity index (χ4n) is 1.78. The van der Waals surface area contributed by atoms with Crippen LogP contribution in [0.15, 0.2) is 24.3 Å². The van der Waals surface area contributed by atoms with E-state index >= 15 is 0 Å². The first-order valence-corrected chi connectivity index (χ1v) is 5.91. The molecule has 0 heterocycles. The van der Waals surface area contributed by atoms with E-state index in [0.717, 1.165) is 5.56 Å². The van der Waals surface area contributed by atoms with Gasteiger partial charge in [-0.1, -0.05) is 30.7 Å². The molecule has 0 radical (unpaired) electrons. The highest BCUT2D eigenvalue weighted by Crippen LogP contribution is 2.13. The Bertz CT molecular complexity index is 367. The summed E-state index contributed by atoms with van der Waals surface area (Å²) in [5.74, 6) is 4.99. The Morgan fingerprint density at radius 2 is 2.06 bits per heavy atom. The van der Waals surface area contributed by atoms with E-state index in [1.807, 2.05) is 43.1 Å². The van der Waals surface area contributed by atoms with Crippen LogP contribution in [0.3, 0.4) is 0 Å². The summed E-state index contributed by atoms with van der Waals surface area (Å²) in [7, 11) is 1.90. The van der Waals surface area contributed by atoms with Gasteiger partial charge in [-0.2, -0.15) is 0 Å². The Labute approximate surface area is 107 Å². The smallest absolute Gasteiger partial charge is 0.251 e. The van der Waals surface area contributed by atoms with E-state index in [-0.39, 0.29) is 11.9 Å². The first-order valence-electron chi connectivity index (χ1n) is 5.53. The molecule has 0 saturated heterocycles. The number of nitrogens with two attached hydrogens (primary N) is 1. The third kappa shape index (κ3) is 4.00. The molecule has 0 aliphatic heterocycles. The molecular formula is C12H18ClN3O. The number of hydrogen-bond acceptors (Lipinski definition) is 3. The van der Waals surface area contributed by atoms with Crippen molar-refractivity contribution in [2.75, 3.05) is 7.05 Å². The second-order valence-electron chi connectivity index (χ2n) is 3.97. The normalized spacial score (nSPS) is 12.5. The SMILES string of the molecule is CCC(C(=O)NN)N(C)Cc1ccc(Cl)cc1. The molecule has 3 N–H and O–H groups in total. The van der Waals surface area contributed by atoms with Gasteiger partial charge in [0, 0.05) is 11.6 Å². The molecule has 1 unspecified atom stereocenters. The first kappa shape index (κ1) is 14.0.